The van der Waals surface area contributed by atoms with Crippen LogP contribution in [0, 0.1) is 11.3 Å². The van der Waals surface area contributed by atoms with Gasteiger partial charge in [-0.1, -0.05) is 18.2 Å². The van der Waals surface area contributed by atoms with E-state index >= 15 is 0 Å². The van der Waals surface area contributed by atoms with E-state index < -0.39 is 0 Å². The first-order valence-corrected chi connectivity index (χ1v) is 6.67. The van der Waals surface area contributed by atoms with Crippen molar-refractivity contribution in [3.8, 4) is 0 Å². The second-order valence-electron chi connectivity index (χ2n) is 5.63. The maximum absolute atomic E-state index is 12.4. The number of amides is 1. The number of H-pyrrole nitrogens is 1. The molecule has 2 aliphatic rings. The van der Waals surface area contributed by atoms with Crippen molar-refractivity contribution in [1.29, 1.82) is 0 Å². The van der Waals surface area contributed by atoms with Gasteiger partial charge < -0.3 is 10.3 Å². The lowest BCUT2D eigenvalue weighted by molar-refractivity contribution is -0.121. The van der Waals surface area contributed by atoms with Gasteiger partial charge >= 0.3 is 0 Å². The lowest BCUT2D eigenvalue weighted by atomic mass is 9.99. The largest absolute Gasteiger partial charge is 0.359 e. The van der Waals surface area contributed by atoms with Gasteiger partial charge in [-0.05, 0) is 37.7 Å². The highest BCUT2D eigenvalue weighted by atomic mass is 16.2. The molecule has 1 amide bonds. The van der Waals surface area contributed by atoms with Crippen molar-refractivity contribution in [3.05, 3.63) is 30.5 Å². The highest BCUT2D eigenvalue weighted by Gasteiger charge is 2.59. The maximum atomic E-state index is 12.4. The number of carbonyl (C=O) groups is 1. The molecule has 0 unspecified atom stereocenters. The Morgan fingerprint density at radius 2 is 2.06 bits per heavy atom. The number of anilines is 1. The number of aromatic amines is 1. The number of hydrogen-bond acceptors (Lipinski definition) is 1. The van der Waals surface area contributed by atoms with Crippen LogP contribution in [0.25, 0.3) is 10.9 Å². The quantitative estimate of drug-likeness (QED) is 0.849. The Kier molecular flexibility index (Phi) is 1.91. The molecule has 4 rings (SSSR count). The third-order valence-electron chi connectivity index (χ3n) is 4.44. The smallest absolute Gasteiger partial charge is 0.230 e. The molecule has 2 N–H and O–H groups in total. The Bertz CT molecular complexity index is 620. The van der Waals surface area contributed by atoms with Gasteiger partial charge in [-0.15, -0.1) is 0 Å². The predicted molar refractivity (Wildman–Crippen MR) is 71.3 cm³/mol. The summed E-state index contributed by atoms with van der Waals surface area (Å²) < 4.78 is 0. The minimum atomic E-state index is -0.0155. The van der Waals surface area contributed by atoms with Gasteiger partial charge in [-0.3, -0.25) is 4.79 Å². The Hall–Kier alpha value is -1.77. The van der Waals surface area contributed by atoms with E-state index in [0.717, 1.165) is 29.4 Å². The highest BCUT2D eigenvalue weighted by Crippen LogP contribution is 2.61. The fraction of sp³-hybridized carbons (Fsp3) is 0.400. The van der Waals surface area contributed by atoms with Crippen LogP contribution in [0.4, 0.5) is 5.69 Å². The zero-order valence-corrected chi connectivity index (χ0v) is 10.2. The summed E-state index contributed by atoms with van der Waals surface area (Å²) >= 11 is 0. The number of rotatable bonds is 3. The summed E-state index contributed by atoms with van der Waals surface area (Å²) in [6.07, 6.45) is 6.52. The summed E-state index contributed by atoms with van der Waals surface area (Å²) in [6.45, 7) is 0. The zero-order chi connectivity index (χ0) is 12.2. The third-order valence-corrected chi connectivity index (χ3v) is 4.44. The van der Waals surface area contributed by atoms with Crippen molar-refractivity contribution in [2.75, 3.05) is 5.32 Å². The average molecular weight is 240 g/mol. The molecule has 2 aromatic rings. The second-order valence-corrected chi connectivity index (χ2v) is 5.63. The van der Waals surface area contributed by atoms with E-state index in [4.69, 9.17) is 0 Å². The topological polar surface area (TPSA) is 44.9 Å². The lowest BCUT2D eigenvalue weighted by Gasteiger charge is -2.13. The van der Waals surface area contributed by atoms with Crippen molar-refractivity contribution < 1.29 is 4.79 Å². The van der Waals surface area contributed by atoms with Gasteiger partial charge in [0.2, 0.25) is 5.91 Å². The molecular weight excluding hydrogens is 224 g/mol. The van der Waals surface area contributed by atoms with Gasteiger partial charge in [0, 0.05) is 17.1 Å². The molecule has 0 spiro atoms. The predicted octanol–water partition coefficient (Wildman–Crippen LogP) is 3.30. The SMILES string of the molecule is O=C(Nc1c[nH]c2ccccc12)C1(C2CC2)CC1. The number of aromatic nitrogens is 1. The summed E-state index contributed by atoms with van der Waals surface area (Å²) in [5.41, 5.74) is 1.98. The van der Waals surface area contributed by atoms with E-state index in [9.17, 15) is 4.79 Å². The van der Waals surface area contributed by atoms with Crippen LogP contribution in [0.15, 0.2) is 30.5 Å². The first kappa shape index (κ1) is 10.2. The van der Waals surface area contributed by atoms with Gasteiger partial charge in [0.25, 0.3) is 0 Å². The molecule has 0 bridgehead atoms. The highest BCUT2D eigenvalue weighted by molar-refractivity contribution is 6.04. The molecule has 1 aromatic heterocycles. The van der Waals surface area contributed by atoms with Crippen molar-refractivity contribution in [1.82, 2.24) is 4.98 Å². The van der Waals surface area contributed by atoms with Crippen LogP contribution < -0.4 is 5.32 Å². The Morgan fingerprint density at radius 1 is 1.28 bits per heavy atom. The lowest BCUT2D eigenvalue weighted by Crippen LogP contribution is -2.25. The van der Waals surface area contributed by atoms with Crippen LogP contribution in [-0.4, -0.2) is 10.9 Å². The molecule has 3 heteroatoms. The number of fused-ring (bicyclic) bond motifs is 1. The Labute approximate surface area is 106 Å². The standard InChI is InChI=1S/C15H16N2O/c18-14(15(7-8-15)10-5-6-10)17-13-9-16-12-4-2-1-3-11(12)13/h1-4,9-10,16H,5-8H2,(H,17,18). The van der Waals surface area contributed by atoms with Crippen LogP contribution in [0.3, 0.4) is 0 Å². The molecule has 2 saturated carbocycles. The van der Waals surface area contributed by atoms with Crippen LogP contribution in [0.2, 0.25) is 0 Å². The second kappa shape index (κ2) is 3.37. The van der Waals surface area contributed by atoms with Gasteiger partial charge in [0.1, 0.15) is 0 Å². The molecule has 0 aliphatic heterocycles. The fourth-order valence-electron chi connectivity index (χ4n) is 3.01. The van der Waals surface area contributed by atoms with Crippen molar-refractivity contribution in [3.63, 3.8) is 0 Å². The summed E-state index contributed by atoms with van der Waals surface area (Å²) in [5, 5.41) is 4.21. The number of carbonyl (C=O) groups excluding carboxylic acids is 1. The summed E-state index contributed by atoms with van der Waals surface area (Å²) in [4.78, 5) is 15.6. The summed E-state index contributed by atoms with van der Waals surface area (Å²) in [6, 6.07) is 8.06. The molecular formula is C15H16N2O. The van der Waals surface area contributed by atoms with E-state index in [0.29, 0.717) is 5.92 Å². The number of para-hydroxylation sites is 1. The first-order chi connectivity index (χ1) is 8.79. The summed E-state index contributed by atoms with van der Waals surface area (Å²) in [7, 11) is 0. The third kappa shape index (κ3) is 1.40. The number of nitrogens with one attached hydrogen (secondary N) is 2. The minimum absolute atomic E-state index is 0.0155. The van der Waals surface area contributed by atoms with Crippen molar-refractivity contribution in [2.45, 2.75) is 25.7 Å². The van der Waals surface area contributed by atoms with Crippen molar-refractivity contribution >= 4 is 22.5 Å². The molecule has 1 heterocycles. The van der Waals surface area contributed by atoms with E-state index in [-0.39, 0.29) is 11.3 Å². The molecule has 18 heavy (non-hydrogen) atoms. The van der Waals surface area contributed by atoms with Crippen molar-refractivity contribution in [2.24, 2.45) is 11.3 Å². The van der Waals surface area contributed by atoms with Crippen LogP contribution in [0.1, 0.15) is 25.7 Å². The van der Waals surface area contributed by atoms with Gasteiger partial charge in [0.05, 0.1) is 11.1 Å². The molecule has 0 atom stereocenters. The maximum Gasteiger partial charge on any atom is 0.230 e. The van der Waals surface area contributed by atoms with Gasteiger partial charge in [-0.2, -0.15) is 0 Å². The van der Waals surface area contributed by atoms with Gasteiger partial charge in [-0.25, -0.2) is 0 Å². The fourth-order valence-corrected chi connectivity index (χ4v) is 3.01. The minimum Gasteiger partial charge on any atom is -0.359 e. The molecule has 0 saturated heterocycles. The van der Waals surface area contributed by atoms with E-state index in [1.807, 2.05) is 30.5 Å². The number of hydrogen-bond donors (Lipinski definition) is 2. The Morgan fingerprint density at radius 3 is 2.78 bits per heavy atom. The van der Waals surface area contributed by atoms with Gasteiger partial charge in [0.15, 0.2) is 0 Å². The van der Waals surface area contributed by atoms with Crippen LogP contribution >= 0.6 is 0 Å². The Balaban J connectivity index is 1.63. The van der Waals surface area contributed by atoms with E-state index in [1.165, 1.54) is 12.8 Å². The molecule has 92 valence electrons. The van der Waals surface area contributed by atoms with Crippen LogP contribution in [0.5, 0.6) is 0 Å². The molecule has 0 radical (unpaired) electrons. The number of benzene rings is 1. The average Bonchev–Trinajstić information content (AvgIpc) is 3.26. The first-order valence-electron chi connectivity index (χ1n) is 6.67. The van der Waals surface area contributed by atoms with E-state index in [2.05, 4.69) is 10.3 Å². The normalized spacial score (nSPS) is 20.9. The zero-order valence-electron chi connectivity index (χ0n) is 10.2. The molecule has 3 nitrogen and oxygen atoms in total. The monoisotopic (exact) mass is 240 g/mol. The molecule has 2 aliphatic carbocycles. The van der Waals surface area contributed by atoms with E-state index in [1.54, 1.807) is 0 Å². The van der Waals surface area contributed by atoms with Crippen LogP contribution in [-0.2, 0) is 4.79 Å². The summed E-state index contributed by atoms with van der Waals surface area (Å²) in [5.74, 6) is 0.887. The molecule has 2 fully saturated rings. The molecule has 1 aromatic carbocycles.